The first-order valence-electron chi connectivity index (χ1n) is 8.06. The van der Waals surface area contributed by atoms with Crippen molar-refractivity contribution in [3.63, 3.8) is 0 Å². The molecule has 0 bridgehead atoms. The number of fused-ring (bicyclic) bond motifs is 1. The molecule has 1 heterocycles. The van der Waals surface area contributed by atoms with E-state index < -0.39 is 11.5 Å². The van der Waals surface area contributed by atoms with Crippen LogP contribution in [0.25, 0.3) is 33.4 Å². The van der Waals surface area contributed by atoms with E-state index in [-0.39, 0.29) is 10.9 Å². The average molecular weight is 342 g/mol. The number of aromatic nitrogens is 2. The van der Waals surface area contributed by atoms with Crippen LogP contribution in [0, 0.1) is 0 Å². The zero-order valence-corrected chi connectivity index (χ0v) is 13.6. The van der Waals surface area contributed by atoms with Gasteiger partial charge in [-0.1, -0.05) is 60.7 Å². The van der Waals surface area contributed by atoms with Gasteiger partial charge in [0.1, 0.15) is 5.82 Å². The summed E-state index contributed by atoms with van der Waals surface area (Å²) in [4.78, 5) is 30.9. The van der Waals surface area contributed by atoms with Gasteiger partial charge in [0.25, 0.3) is 5.56 Å². The SMILES string of the molecule is O=C(O)c1cccc2nc(-c3ccc(-c4ccccc4)cc3)[nH]c(=O)c12. The number of carboxylic acid groups (broad SMARTS) is 1. The second-order valence-electron chi connectivity index (χ2n) is 5.86. The second-order valence-corrected chi connectivity index (χ2v) is 5.86. The van der Waals surface area contributed by atoms with E-state index in [1.165, 1.54) is 6.07 Å². The summed E-state index contributed by atoms with van der Waals surface area (Å²) in [5.41, 5.74) is 2.76. The lowest BCUT2D eigenvalue weighted by molar-refractivity contribution is 0.0699. The van der Waals surface area contributed by atoms with Crippen LogP contribution in [0.3, 0.4) is 0 Å². The molecule has 4 aromatic rings. The molecule has 26 heavy (non-hydrogen) atoms. The first-order chi connectivity index (χ1) is 12.6. The zero-order valence-electron chi connectivity index (χ0n) is 13.6. The molecule has 0 unspecified atom stereocenters. The highest BCUT2D eigenvalue weighted by Crippen LogP contribution is 2.23. The molecule has 5 nitrogen and oxygen atoms in total. The average Bonchev–Trinajstić information content (AvgIpc) is 2.68. The number of hydrogen-bond donors (Lipinski definition) is 2. The molecule has 0 radical (unpaired) electrons. The van der Waals surface area contributed by atoms with E-state index >= 15 is 0 Å². The maximum Gasteiger partial charge on any atom is 0.336 e. The molecule has 4 rings (SSSR count). The van der Waals surface area contributed by atoms with Gasteiger partial charge >= 0.3 is 5.97 Å². The smallest absolute Gasteiger partial charge is 0.336 e. The summed E-state index contributed by atoms with van der Waals surface area (Å²) in [6.07, 6.45) is 0. The molecule has 0 saturated heterocycles. The Morgan fingerprint density at radius 3 is 2.15 bits per heavy atom. The highest BCUT2D eigenvalue weighted by atomic mass is 16.4. The van der Waals surface area contributed by atoms with Crippen molar-refractivity contribution in [1.82, 2.24) is 9.97 Å². The van der Waals surface area contributed by atoms with Gasteiger partial charge in [0.15, 0.2) is 0 Å². The van der Waals surface area contributed by atoms with E-state index in [1.54, 1.807) is 12.1 Å². The summed E-state index contributed by atoms with van der Waals surface area (Å²) in [5, 5.41) is 9.34. The number of H-pyrrole nitrogens is 1. The quantitative estimate of drug-likeness (QED) is 0.590. The van der Waals surface area contributed by atoms with Crippen LogP contribution in [0.2, 0.25) is 0 Å². The summed E-state index contributed by atoms with van der Waals surface area (Å²) in [5.74, 6) is -0.743. The lowest BCUT2D eigenvalue weighted by Crippen LogP contribution is -2.13. The monoisotopic (exact) mass is 342 g/mol. The topological polar surface area (TPSA) is 83.0 Å². The minimum atomic E-state index is -1.15. The lowest BCUT2D eigenvalue weighted by Gasteiger charge is -2.06. The molecule has 0 atom stereocenters. The van der Waals surface area contributed by atoms with Crippen molar-refractivity contribution >= 4 is 16.9 Å². The molecule has 3 aromatic carbocycles. The first-order valence-corrected chi connectivity index (χ1v) is 8.06. The molecule has 0 aliphatic rings. The van der Waals surface area contributed by atoms with Crippen LogP contribution in [0.4, 0.5) is 0 Å². The minimum Gasteiger partial charge on any atom is -0.478 e. The maximum absolute atomic E-state index is 12.4. The Labute approximate surface area is 148 Å². The Morgan fingerprint density at radius 2 is 1.46 bits per heavy atom. The van der Waals surface area contributed by atoms with Crippen molar-refractivity contribution in [2.45, 2.75) is 0 Å². The van der Waals surface area contributed by atoms with Crippen LogP contribution < -0.4 is 5.56 Å². The normalized spacial score (nSPS) is 10.8. The van der Waals surface area contributed by atoms with Crippen molar-refractivity contribution in [2.75, 3.05) is 0 Å². The fourth-order valence-electron chi connectivity index (χ4n) is 2.96. The third-order valence-electron chi connectivity index (χ3n) is 4.23. The largest absolute Gasteiger partial charge is 0.478 e. The number of carboxylic acids is 1. The molecule has 0 fully saturated rings. The van der Waals surface area contributed by atoms with Crippen LogP contribution >= 0.6 is 0 Å². The van der Waals surface area contributed by atoms with Crippen LogP contribution in [0.1, 0.15) is 10.4 Å². The number of nitrogens with one attached hydrogen (secondary N) is 1. The molecule has 0 spiro atoms. The van der Waals surface area contributed by atoms with Crippen molar-refractivity contribution in [1.29, 1.82) is 0 Å². The summed E-state index contributed by atoms with van der Waals surface area (Å²) in [6, 6.07) is 22.3. The lowest BCUT2D eigenvalue weighted by atomic mass is 10.0. The van der Waals surface area contributed by atoms with Gasteiger partial charge < -0.3 is 10.1 Å². The van der Waals surface area contributed by atoms with Crippen molar-refractivity contribution < 1.29 is 9.90 Å². The van der Waals surface area contributed by atoms with Gasteiger partial charge in [0.05, 0.1) is 16.5 Å². The number of aromatic amines is 1. The Balaban J connectivity index is 1.80. The number of carbonyl (C=O) groups is 1. The molecule has 0 saturated carbocycles. The molecule has 5 heteroatoms. The van der Waals surface area contributed by atoms with Crippen LogP contribution in [0.15, 0.2) is 77.6 Å². The van der Waals surface area contributed by atoms with Crippen molar-refractivity contribution in [3.8, 4) is 22.5 Å². The molecule has 1 aromatic heterocycles. The van der Waals surface area contributed by atoms with Gasteiger partial charge in [0, 0.05) is 5.56 Å². The van der Waals surface area contributed by atoms with E-state index in [1.807, 2.05) is 54.6 Å². The van der Waals surface area contributed by atoms with E-state index in [9.17, 15) is 14.7 Å². The summed E-state index contributed by atoms with van der Waals surface area (Å²) in [6.45, 7) is 0. The van der Waals surface area contributed by atoms with Gasteiger partial charge in [0.2, 0.25) is 0 Å². The highest BCUT2D eigenvalue weighted by Gasteiger charge is 2.14. The third kappa shape index (κ3) is 2.75. The summed E-state index contributed by atoms with van der Waals surface area (Å²) in [7, 11) is 0. The van der Waals surface area contributed by atoms with E-state index in [0.29, 0.717) is 11.3 Å². The number of nitrogens with zero attached hydrogens (tertiary/aromatic N) is 1. The number of rotatable bonds is 3. The summed E-state index contributed by atoms with van der Waals surface area (Å²) >= 11 is 0. The van der Waals surface area contributed by atoms with Crippen molar-refractivity contribution in [3.05, 3.63) is 88.7 Å². The Kier molecular flexibility index (Phi) is 3.82. The first kappa shape index (κ1) is 15.8. The molecule has 0 aliphatic heterocycles. The minimum absolute atomic E-state index is 0.0535. The molecule has 2 N–H and O–H groups in total. The number of hydrogen-bond acceptors (Lipinski definition) is 3. The molecule has 0 amide bonds. The van der Waals surface area contributed by atoms with Crippen LogP contribution in [-0.4, -0.2) is 21.0 Å². The second kappa shape index (κ2) is 6.29. The van der Waals surface area contributed by atoms with Crippen LogP contribution in [-0.2, 0) is 0 Å². The highest BCUT2D eigenvalue weighted by molar-refractivity contribution is 6.02. The van der Waals surface area contributed by atoms with Gasteiger partial charge in [-0.2, -0.15) is 0 Å². The Morgan fingerprint density at radius 1 is 0.808 bits per heavy atom. The molecular formula is C21H14N2O3. The van der Waals surface area contributed by atoms with Gasteiger partial charge in [-0.15, -0.1) is 0 Å². The third-order valence-corrected chi connectivity index (χ3v) is 4.23. The summed E-state index contributed by atoms with van der Waals surface area (Å²) < 4.78 is 0. The van der Waals surface area contributed by atoms with Crippen molar-refractivity contribution in [2.24, 2.45) is 0 Å². The predicted octanol–water partition coefficient (Wildman–Crippen LogP) is 3.96. The Bertz CT molecular complexity index is 1160. The fourth-order valence-corrected chi connectivity index (χ4v) is 2.96. The standard InChI is InChI=1S/C21H14N2O3/c24-20-18-16(21(25)26)7-4-8-17(18)22-19(23-20)15-11-9-14(10-12-15)13-5-2-1-3-6-13/h1-12H,(H,25,26)(H,22,23,24). The maximum atomic E-state index is 12.4. The van der Waals surface area contributed by atoms with E-state index in [0.717, 1.165) is 16.7 Å². The van der Waals surface area contributed by atoms with Crippen LogP contribution in [0.5, 0.6) is 0 Å². The van der Waals surface area contributed by atoms with E-state index in [4.69, 9.17) is 0 Å². The van der Waals surface area contributed by atoms with Gasteiger partial charge in [-0.25, -0.2) is 9.78 Å². The molecule has 126 valence electrons. The molecule has 0 aliphatic carbocycles. The Hall–Kier alpha value is -3.73. The number of benzene rings is 3. The predicted molar refractivity (Wildman–Crippen MR) is 100 cm³/mol. The zero-order chi connectivity index (χ0) is 18.1. The fraction of sp³-hybridized carbons (Fsp3) is 0. The number of aromatic carboxylic acids is 1. The molecular weight excluding hydrogens is 328 g/mol. The van der Waals surface area contributed by atoms with Gasteiger partial charge in [-0.05, 0) is 23.3 Å². The van der Waals surface area contributed by atoms with Gasteiger partial charge in [-0.3, -0.25) is 4.79 Å². The van der Waals surface area contributed by atoms with E-state index in [2.05, 4.69) is 9.97 Å².